The highest BCUT2D eigenvalue weighted by atomic mass is 32.1. The van der Waals surface area contributed by atoms with Crippen LogP contribution in [0, 0.1) is 11.3 Å². The monoisotopic (exact) mass is 258 g/mol. The molecule has 0 fully saturated rings. The van der Waals surface area contributed by atoms with E-state index in [2.05, 4.69) is 27.3 Å². The van der Waals surface area contributed by atoms with Crippen molar-refractivity contribution in [1.82, 2.24) is 9.36 Å². The van der Waals surface area contributed by atoms with Gasteiger partial charge in [-0.05, 0) is 6.92 Å². The lowest BCUT2D eigenvalue weighted by Crippen LogP contribution is -2.23. The maximum Gasteiger partial charge on any atom is 0.205 e. The lowest BCUT2D eigenvalue weighted by atomic mass is 10.2. The normalized spacial score (nSPS) is 10.0. The van der Waals surface area contributed by atoms with E-state index < -0.39 is 0 Å². The quantitative estimate of drug-likeness (QED) is 0.827. The first-order valence-corrected chi connectivity index (χ1v) is 6.63. The summed E-state index contributed by atoms with van der Waals surface area (Å²) in [6.07, 6.45) is 0.508. The van der Waals surface area contributed by atoms with Crippen LogP contribution >= 0.6 is 11.5 Å². The van der Waals surface area contributed by atoms with Crippen LogP contribution in [0.1, 0.15) is 13.3 Å². The number of hydrogen-bond acceptors (Lipinski definition) is 5. The molecule has 0 N–H and O–H groups in total. The summed E-state index contributed by atoms with van der Waals surface area (Å²) in [6, 6.07) is 12.1. The van der Waals surface area contributed by atoms with Gasteiger partial charge < -0.3 is 4.90 Å². The van der Waals surface area contributed by atoms with Gasteiger partial charge >= 0.3 is 0 Å². The van der Waals surface area contributed by atoms with Gasteiger partial charge in [-0.1, -0.05) is 30.3 Å². The van der Waals surface area contributed by atoms with E-state index in [0.29, 0.717) is 13.0 Å². The largest absolute Gasteiger partial charge is 0.346 e. The van der Waals surface area contributed by atoms with Gasteiger partial charge in [0.2, 0.25) is 5.13 Å². The van der Waals surface area contributed by atoms with Crippen molar-refractivity contribution in [1.29, 1.82) is 5.26 Å². The molecule has 0 aliphatic carbocycles. The van der Waals surface area contributed by atoms with Gasteiger partial charge in [-0.3, -0.25) is 0 Å². The molecule has 5 heteroatoms. The fourth-order valence-electron chi connectivity index (χ4n) is 1.62. The predicted octanol–water partition coefficient (Wildman–Crippen LogP) is 2.95. The van der Waals surface area contributed by atoms with E-state index in [1.807, 2.05) is 30.3 Å². The van der Waals surface area contributed by atoms with Crippen LogP contribution in [0.3, 0.4) is 0 Å². The van der Waals surface area contributed by atoms with Crippen molar-refractivity contribution in [2.24, 2.45) is 0 Å². The number of aromatic nitrogens is 2. The molecule has 4 nitrogen and oxygen atoms in total. The predicted molar refractivity (Wildman–Crippen MR) is 73.5 cm³/mol. The van der Waals surface area contributed by atoms with E-state index in [1.165, 1.54) is 11.5 Å². The minimum absolute atomic E-state index is 0.508. The average Bonchev–Trinajstić information content (AvgIpc) is 2.90. The van der Waals surface area contributed by atoms with Crippen molar-refractivity contribution in [3.63, 3.8) is 0 Å². The number of nitrogens with zero attached hydrogens (tertiary/aromatic N) is 4. The Morgan fingerprint density at radius 3 is 2.78 bits per heavy atom. The lowest BCUT2D eigenvalue weighted by molar-refractivity contribution is 0.822. The Morgan fingerprint density at radius 1 is 1.33 bits per heavy atom. The molecule has 1 aromatic heterocycles. The third-order valence-corrected chi connectivity index (χ3v) is 3.37. The average molecular weight is 258 g/mol. The molecule has 0 saturated heterocycles. The molecule has 92 valence electrons. The fourth-order valence-corrected chi connectivity index (χ4v) is 2.40. The lowest BCUT2D eigenvalue weighted by Gasteiger charge is -2.16. The van der Waals surface area contributed by atoms with Crippen LogP contribution < -0.4 is 4.90 Å². The summed E-state index contributed by atoms with van der Waals surface area (Å²) in [5.41, 5.74) is 1.02. The van der Waals surface area contributed by atoms with E-state index >= 15 is 0 Å². The van der Waals surface area contributed by atoms with Crippen molar-refractivity contribution >= 4 is 16.7 Å². The molecule has 0 spiro atoms. The van der Waals surface area contributed by atoms with Crippen LogP contribution in [0.25, 0.3) is 11.4 Å². The van der Waals surface area contributed by atoms with Crippen molar-refractivity contribution in [3.8, 4) is 17.5 Å². The summed E-state index contributed by atoms with van der Waals surface area (Å²) in [5, 5.41) is 9.51. The van der Waals surface area contributed by atoms with Crippen molar-refractivity contribution in [2.45, 2.75) is 13.3 Å². The molecule has 18 heavy (non-hydrogen) atoms. The van der Waals surface area contributed by atoms with Crippen molar-refractivity contribution in [3.05, 3.63) is 30.3 Å². The van der Waals surface area contributed by atoms with Gasteiger partial charge in [0.25, 0.3) is 0 Å². The van der Waals surface area contributed by atoms with Crippen LogP contribution in [0.2, 0.25) is 0 Å². The van der Waals surface area contributed by atoms with Crippen LogP contribution in [-0.4, -0.2) is 22.4 Å². The first kappa shape index (κ1) is 12.5. The Morgan fingerprint density at radius 2 is 2.11 bits per heavy atom. The molecule has 0 unspecified atom stereocenters. The highest BCUT2D eigenvalue weighted by Gasteiger charge is 2.11. The smallest absolute Gasteiger partial charge is 0.205 e. The molecule has 2 aromatic rings. The minimum Gasteiger partial charge on any atom is -0.346 e. The summed E-state index contributed by atoms with van der Waals surface area (Å²) >= 11 is 1.38. The van der Waals surface area contributed by atoms with Gasteiger partial charge in [0.1, 0.15) is 0 Å². The van der Waals surface area contributed by atoms with Crippen LogP contribution in [0.15, 0.2) is 30.3 Å². The number of anilines is 1. The van der Waals surface area contributed by atoms with E-state index in [9.17, 15) is 0 Å². The highest BCUT2D eigenvalue weighted by molar-refractivity contribution is 7.09. The Hall–Kier alpha value is -1.93. The molecule has 1 heterocycles. The summed E-state index contributed by atoms with van der Waals surface area (Å²) in [6.45, 7) is 3.60. The molecular weight excluding hydrogens is 244 g/mol. The molecule has 0 aliphatic rings. The van der Waals surface area contributed by atoms with Crippen molar-refractivity contribution in [2.75, 3.05) is 18.0 Å². The Kier molecular flexibility index (Phi) is 4.26. The standard InChI is InChI=1S/C13H14N4S/c1-2-17(10-6-9-14)13-15-12(16-18-13)11-7-4-3-5-8-11/h3-5,7-8H,2,6,10H2,1H3. The zero-order valence-corrected chi connectivity index (χ0v) is 11.0. The summed E-state index contributed by atoms with van der Waals surface area (Å²) < 4.78 is 4.37. The Balaban J connectivity index is 2.17. The second kappa shape index (κ2) is 6.12. The second-order valence-corrected chi connectivity index (χ2v) is 4.48. The maximum absolute atomic E-state index is 8.63. The Bertz CT molecular complexity index is 529. The van der Waals surface area contributed by atoms with E-state index in [4.69, 9.17) is 5.26 Å². The third-order valence-electron chi connectivity index (χ3n) is 2.59. The summed E-state index contributed by atoms with van der Waals surface area (Å²) in [7, 11) is 0. The molecular formula is C13H14N4S. The fraction of sp³-hybridized carbons (Fsp3) is 0.308. The zero-order valence-electron chi connectivity index (χ0n) is 10.2. The number of nitriles is 1. The van der Waals surface area contributed by atoms with E-state index in [1.54, 1.807) is 0 Å². The third kappa shape index (κ3) is 2.84. The number of hydrogen-bond donors (Lipinski definition) is 0. The van der Waals surface area contributed by atoms with Gasteiger partial charge in [-0.2, -0.15) is 14.6 Å². The Labute approximate surface area is 111 Å². The molecule has 0 atom stereocenters. The second-order valence-electron chi connectivity index (χ2n) is 3.75. The SMILES string of the molecule is CCN(CCC#N)c1nc(-c2ccccc2)ns1. The first-order chi connectivity index (χ1) is 8.85. The molecule has 0 radical (unpaired) electrons. The van der Waals surface area contributed by atoms with Gasteiger partial charge in [-0.25, -0.2) is 0 Å². The molecule has 2 rings (SSSR count). The van der Waals surface area contributed by atoms with Gasteiger partial charge in [0.05, 0.1) is 12.5 Å². The summed E-state index contributed by atoms with van der Waals surface area (Å²) in [4.78, 5) is 6.61. The van der Waals surface area contributed by atoms with Crippen LogP contribution in [0.5, 0.6) is 0 Å². The number of rotatable bonds is 5. The maximum atomic E-state index is 8.63. The van der Waals surface area contributed by atoms with E-state index in [0.717, 1.165) is 23.1 Å². The van der Waals surface area contributed by atoms with Crippen LogP contribution in [0.4, 0.5) is 5.13 Å². The molecule has 0 aliphatic heterocycles. The zero-order chi connectivity index (χ0) is 12.8. The highest BCUT2D eigenvalue weighted by Crippen LogP contribution is 2.23. The first-order valence-electron chi connectivity index (χ1n) is 5.86. The molecule has 0 saturated carbocycles. The molecule has 0 amide bonds. The molecule has 1 aromatic carbocycles. The molecule has 0 bridgehead atoms. The minimum atomic E-state index is 0.508. The van der Waals surface area contributed by atoms with Crippen LogP contribution in [-0.2, 0) is 0 Å². The van der Waals surface area contributed by atoms with Gasteiger partial charge in [-0.15, -0.1) is 0 Å². The van der Waals surface area contributed by atoms with Crippen molar-refractivity contribution < 1.29 is 0 Å². The van der Waals surface area contributed by atoms with E-state index in [-0.39, 0.29) is 0 Å². The summed E-state index contributed by atoms with van der Waals surface area (Å²) in [5.74, 6) is 0.756. The van der Waals surface area contributed by atoms with Gasteiger partial charge in [0, 0.05) is 30.2 Å². The number of benzene rings is 1. The topological polar surface area (TPSA) is 52.8 Å². The van der Waals surface area contributed by atoms with Gasteiger partial charge in [0.15, 0.2) is 5.82 Å².